The van der Waals surface area contributed by atoms with Gasteiger partial charge < -0.3 is 47.6 Å². The predicted octanol–water partition coefficient (Wildman–Crippen LogP) is 0.728. The van der Waals surface area contributed by atoms with Gasteiger partial charge in [-0.3, -0.25) is 28.8 Å². The maximum atomic E-state index is 13.9. The number of nitrogens with one attached hydrogen (secondary N) is 5. The van der Waals surface area contributed by atoms with Crippen molar-refractivity contribution < 1.29 is 44.1 Å². The van der Waals surface area contributed by atoms with E-state index in [4.69, 9.17) is 5.73 Å². The van der Waals surface area contributed by atoms with Crippen LogP contribution in [0.2, 0.25) is 0 Å². The molecule has 3 aromatic rings. The summed E-state index contributed by atoms with van der Waals surface area (Å²) in [4.78, 5) is 78.9. The molecule has 55 heavy (non-hydrogen) atoms. The van der Waals surface area contributed by atoms with Gasteiger partial charge in [-0.05, 0) is 59.2 Å². The van der Waals surface area contributed by atoms with Crippen molar-refractivity contribution in [1.82, 2.24) is 26.6 Å². The highest BCUT2D eigenvalue weighted by atomic mass is 16.3. The third-order valence-electron chi connectivity index (χ3n) is 8.87. The zero-order valence-corrected chi connectivity index (χ0v) is 31.6. The molecule has 0 heterocycles. The van der Waals surface area contributed by atoms with Crippen molar-refractivity contribution in [3.8, 4) is 11.5 Å². The highest BCUT2D eigenvalue weighted by Gasteiger charge is 2.35. The molecule has 3 rings (SSSR count). The first-order chi connectivity index (χ1) is 25.9. The number of phenolic OH excluding ortho intramolecular Hbond substituents is 2. The van der Waals surface area contributed by atoms with Crippen LogP contribution in [-0.4, -0.2) is 87.1 Å². The molecule has 0 aliphatic rings. The van der Waals surface area contributed by atoms with Crippen molar-refractivity contribution in [1.29, 1.82) is 0 Å². The van der Waals surface area contributed by atoms with Crippen molar-refractivity contribution >= 4 is 35.4 Å². The van der Waals surface area contributed by atoms with Gasteiger partial charge in [-0.1, -0.05) is 82.3 Å². The number of hydrogen-bond acceptors (Lipinski definition) is 9. The van der Waals surface area contributed by atoms with Gasteiger partial charge in [-0.25, -0.2) is 0 Å². The Morgan fingerprint density at radius 1 is 0.545 bits per heavy atom. The van der Waals surface area contributed by atoms with Gasteiger partial charge >= 0.3 is 0 Å². The van der Waals surface area contributed by atoms with E-state index in [9.17, 15) is 44.1 Å². The van der Waals surface area contributed by atoms with E-state index in [0.717, 1.165) is 0 Å². The van der Waals surface area contributed by atoms with Crippen LogP contribution in [-0.2, 0) is 48.0 Å². The van der Waals surface area contributed by atoms with Crippen LogP contribution >= 0.6 is 0 Å². The van der Waals surface area contributed by atoms with Gasteiger partial charge in [0.25, 0.3) is 5.91 Å². The monoisotopic (exact) mass is 760 g/mol. The summed E-state index contributed by atoms with van der Waals surface area (Å²) in [6, 6.07) is 14.9. The summed E-state index contributed by atoms with van der Waals surface area (Å²) in [5.74, 6) is -5.25. The van der Waals surface area contributed by atoms with Gasteiger partial charge in [-0.15, -0.1) is 0 Å². The third kappa shape index (κ3) is 13.8. The Morgan fingerprint density at radius 3 is 1.42 bits per heavy atom. The van der Waals surface area contributed by atoms with Crippen LogP contribution in [0.3, 0.4) is 0 Å². The zero-order valence-electron chi connectivity index (χ0n) is 31.6. The molecular weight excluding hydrogens is 708 g/mol. The van der Waals surface area contributed by atoms with E-state index in [0.29, 0.717) is 16.7 Å². The number of hydrogen-bond donors (Lipinski definition) is 9. The highest BCUT2D eigenvalue weighted by Crippen LogP contribution is 2.15. The minimum absolute atomic E-state index is 0.0174. The lowest BCUT2D eigenvalue weighted by molar-refractivity contribution is -0.137. The van der Waals surface area contributed by atoms with E-state index in [1.807, 2.05) is 0 Å². The summed E-state index contributed by atoms with van der Waals surface area (Å²) >= 11 is 0. The Bertz CT molecular complexity index is 1770. The Kier molecular flexibility index (Phi) is 16.2. The number of aromatic hydroxyl groups is 2. The number of aliphatic hydroxyl groups is 1. The second-order valence-corrected chi connectivity index (χ2v) is 14.2. The van der Waals surface area contributed by atoms with Crippen LogP contribution in [0, 0.1) is 11.8 Å². The zero-order chi connectivity index (χ0) is 40.8. The molecule has 15 nitrogen and oxygen atoms in total. The first kappa shape index (κ1) is 43.4. The van der Waals surface area contributed by atoms with Crippen molar-refractivity contribution in [2.24, 2.45) is 17.6 Å². The molecule has 0 aliphatic heterocycles. The maximum Gasteiger partial charge on any atom is 0.251 e. The molecule has 0 saturated heterocycles. The molecule has 0 bridgehead atoms. The standard InChI is InChI=1S/C40H52N6O9/c1-22(2)33(36(41)51)45-38(53)32(21-27-13-17-29(49)18-14-27)44-40(55)35(50)30(19-25-9-7-6-8-10-25)43-39(54)34(23(3)4)46-37(52)31(42-24(5)47)20-26-11-15-28(48)16-12-26/h6-18,22-23,30-35,48-50H,19-21H2,1-5H3,(H2,41,51)(H,42,47)(H,43,54)(H,44,55)(H,45,53)(H,46,52)/t30-,31-,32-,33-,34-,35+/m0/s1. The molecule has 6 amide bonds. The summed E-state index contributed by atoms with van der Waals surface area (Å²) in [6.07, 6.45) is -1.97. The predicted molar refractivity (Wildman–Crippen MR) is 204 cm³/mol. The molecule has 15 heteroatoms. The summed E-state index contributed by atoms with van der Waals surface area (Å²) in [7, 11) is 0. The lowest BCUT2D eigenvalue weighted by Crippen LogP contribution is -2.61. The second-order valence-electron chi connectivity index (χ2n) is 14.2. The number of benzene rings is 3. The van der Waals surface area contributed by atoms with E-state index in [1.165, 1.54) is 31.2 Å². The molecule has 10 N–H and O–H groups in total. The Morgan fingerprint density at radius 2 is 0.982 bits per heavy atom. The smallest absolute Gasteiger partial charge is 0.251 e. The minimum Gasteiger partial charge on any atom is -0.508 e. The second kappa shape index (κ2) is 20.5. The third-order valence-corrected chi connectivity index (χ3v) is 8.87. The van der Waals surface area contributed by atoms with Gasteiger partial charge in [0.1, 0.15) is 35.7 Å². The summed E-state index contributed by atoms with van der Waals surface area (Å²) in [6.45, 7) is 8.01. The van der Waals surface area contributed by atoms with Crippen LogP contribution < -0.4 is 32.3 Å². The molecule has 0 radical (unpaired) electrons. The van der Waals surface area contributed by atoms with Crippen LogP contribution in [0.15, 0.2) is 78.9 Å². The van der Waals surface area contributed by atoms with Gasteiger partial charge in [0, 0.05) is 19.8 Å². The summed E-state index contributed by atoms with van der Waals surface area (Å²) in [5, 5.41) is 44.1. The Balaban J connectivity index is 1.88. The maximum absolute atomic E-state index is 13.9. The van der Waals surface area contributed by atoms with Gasteiger partial charge in [0.15, 0.2) is 6.10 Å². The lowest BCUT2D eigenvalue weighted by Gasteiger charge is -2.30. The number of aliphatic hydroxyl groups excluding tert-OH is 1. The Hall–Kier alpha value is -5.96. The lowest BCUT2D eigenvalue weighted by atomic mass is 9.97. The topological polar surface area (TPSA) is 249 Å². The average molecular weight is 761 g/mol. The highest BCUT2D eigenvalue weighted by molar-refractivity contribution is 5.94. The number of primary amides is 1. The fourth-order valence-corrected chi connectivity index (χ4v) is 5.83. The van der Waals surface area contributed by atoms with Gasteiger partial charge in [0.05, 0.1) is 6.04 Å². The van der Waals surface area contributed by atoms with Gasteiger partial charge in [-0.2, -0.15) is 0 Å². The van der Waals surface area contributed by atoms with Crippen molar-refractivity contribution in [2.45, 2.75) is 90.2 Å². The van der Waals surface area contributed by atoms with E-state index < -0.39 is 77.7 Å². The van der Waals surface area contributed by atoms with Crippen LogP contribution in [0.25, 0.3) is 0 Å². The van der Waals surface area contributed by atoms with E-state index in [1.54, 1.807) is 82.3 Å². The minimum atomic E-state index is -1.92. The molecule has 0 aliphatic carbocycles. The van der Waals surface area contributed by atoms with Crippen LogP contribution in [0.1, 0.15) is 51.3 Å². The molecule has 0 spiro atoms. The van der Waals surface area contributed by atoms with Crippen LogP contribution in [0.5, 0.6) is 11.5 Å². The molecule has 0 saturated carbocycles. The first-order valence-electron chi connectivity index (χ1n) is 18.0. The molecule has 296 valence electrons. The molecule has 0 fully saturated rings. The van der Waals surface area contributed by atoms with Crippen molar-refractivity contribution in [2.75, 3.05) is 0 Å². The van der Waals surface area contributed by atoms with E-state index in [2.05, 4.69) is 26.6 Å². The fraction of sp³-hybridized carbons (Fsp3) is 0.400. The molecule has 3 aromatic carbocycles. The average Bonchev–Trinajstić information content (AvgIpc) is 3.12. The number of phenols is 2. The Labute approximate surface area is 320 Å². The first-order valence-corrected chi connectivity index (χ1v) is 18.0. The SMILES string of the molecule is CC(=O)N[C@@H](Cc1ccc(O)cc1)C(=O)N[C@H](C(=O)N[C@@H](Cc1ccccc1)[C@@H](O)C(=O)N[C@@H](Cc1ccc(O)cc1)C(=O)N[C@H](C(N)=O)C(C)C)C(C)C. The largest absolute Gasteiger partial charge is 0.508 e. The number of nitrogens with two attached hydrogens (primary N) is 1. The van der Waals surface area contributed by atoms with Gasteiger partial charge in [0.2, 0.25) is 29.5 Å². The number of rotatable bonds is 19. The van der Waals surface area contributed by atoms with E-state index >= 15 is 0 Å². The van der Waals surface area contributed by atoms with Crippen molar-refractivity contribution in [3.05, 3.63) is 95.6 Å². The normalized spacial score (nSPS) is 14.4. The quantitative estimate of drug-likeness (QED) is 0.0835. The fourth-order valence-electron chi connectivity index (χ4n) is 5.83. The molecule has 0 aromatic heterocycles. The number of carbonyl (C=O) groups excluding carboxylic acids is 6. The molecular formula is C40H52N6O9. The molecule has 0 unspecified atom stereocenters. The van der Waals surface area contributed by atoms with Crippen LogP contribution in [0.4, 0.5) is 0 Å². The number of carbonyl (C=O) groups is 6. The number of amides is 6. The summed E-state index contributed by atoms with van der Waals surface area (Å²) in [5.41, 5.74) is 7.35. The van der Waals surface area contributed by atoms with Crippen molar-refractivity contribution in [3.63, 3.8) is 0 Å². The molecule has 6 atom stereocenters. The summed E-state index contributed by atoms with van der Waals surface area (Å²) < 4.78 is 0. The van der Waals surface area contributed by atoms with E-state index in [-0.39, 0.29) is 36.7 Å².